The highest BCUT2D eigenvalue weighted by atomic mass is 16.5. The maximum atomic E-state index is 6.31. The molecule has 1 saturated heterocycles. The number of piperazine rings is 1. The van der Waals surface area contributed by atoms with E-state index in [1.165, 1.54) is 6.33 Å². The second-order valence-electron chi connectivity index (χ2n) is 8.61. The van der Waals surface area contributed by atoms with Crippen LogP contribution in [0.2, 0.25) is 0 Å². The van der Waals surface area contributed by atoms with Gasteiger partial charge in [0.2, 0.25) is 0 Å². The summed E-state index contributed by atoms with van der Waals surface area (Å²) in [7, 11) is 0. The number of ether oxygens (including phenoxy) is 2. The molecule has 3 aromatic heterocycles. The first-order chi connectivity index (χ1) is 17.3. The molecule has 0 aliphatic carbocycles. The Morgan fingerprint density at radius 3 is 2.89 bits per heavy atom. The molecule has 2 aromatic carbocycles. The lowest BCUT2D eigenvalue weighted by Gasteiger charge is -2.32. The molecule has 2 N–H and O–H groups in total. The monoisotopic (exact) mass is 466 g/mol. The van der Waals surface area contributed by atoms with Crippen LogP contribution in [-0.2, 0) is 0 Å². The van der Waals surface area contributed by atoms with E-state index in [0.29, 0.717) is 24.2 Å². The van der Waals surface area contributed by atoms with Crippen molar-refractivity contribution in [2.75, 3.05) is 36.5 Å². The minimum absolute atomic E-state index is 0.310. The Balaban J connectivity index is 1.18. The zero-order valence-electron chi connectivity index (χ0n) is 18.8. The number of anilines is 3. The van der Waals surface area contributed by atoms with E-state index >= 15 is 0 Å². The van der Waals surface area contributed by atoms with Gasteiger partial charge in [0.15, 0.2) is 11.4 Å². The molecule has 0 unspecified atom stereocenters. The maximum absolute atomic E-state index is 6.31. The normalized spacial score (nSPS) is 17.0. The van der Waals surface area contributed by atoms with Crippen molar-refractivity contribution in [3.05, 3.63) is 67.4 Å². The van der Waals surface area contributed by atoms with E-state index in [0.717, 1.165) is 59.1 Å². The molecule has 174 valence electrons. The summed E-state index contributed by atoms with van der Waals surface area (Å²) in [5.41, 5.74) is 3.55. The molecule has 1 atom stereocenters. The lowest BCUT2D eigenvalue weighted by molar-refractivity contribution is 0.273. The van der Waals surface area contributed by atoms with Gasteiger partial charge < -0.3 is 25.0 Å². The molecule has 0 radical (unpaired) electrons. The Kier molecular flexibility index (Phi) is 4.62. The number of hydrogen-bond acceptors (Lipinski definition) is 9. The Hall–Kier alpha value is -4.44. The number of hydrogen-bond donors (Lipinski definition) is 2. The Bertz CT molecular complexity index is 1530. The van der Waals surface area contributed by atoms with Crippen molar-refractivity contribution < 1.29 is 9.47 Å². The molecule has 0 amide bonds. The van der Waals surface area contributed by atoms with E-state index in [9.17, 15) is 0 Å². The number of nitrogens with one attached hydrogen (secondary N) is 2. The molecule has 7 rings (SSSR count). The maximum Gasteiger partial charge on any atom is 0.158 e. The molecular weight excluding hydrogens is 444 g/mol. The van der Waals surface area contributed by atoms with Gasteiger partial charge >= 0.3 is 0 Å². The third-order valence-electron chi connectivity index (χ3n) is 6.37. The van der Waals surface area contributed by atoms with Crippen molar-refractivity contribution in [2.45, 2.75) is 6.04 Å². The van der Waals surface area contributed by atoms with Crippen LogP contribution in [0.3, 0.4) is 0 Å². The van der Waals surface area contributed by atoms with Crippen molar-refractivity contribution >= 4 is 33.7 Å². The van der Waals surface area contributed by atoms with Crippen LogP contribution in [0.15, 0.2) is 67.4 Å². The van der Waals surface area contributed by atoms with Gasteiger partial charge in [-0.2, -0.15) is 5.10 Å². The Morgan fingerprint density at radius 1 is 1.00 bits per heavy atom. The summed E-state index contributed by atoms with van der Waals surface area (Å²) in [4.78, 5) is 15.6. The van der Waals surface area contributed by atoms with Crippen molar-refractivity contribution in [2.24, 2.45) is 0 Å². The van der Waals surface area contributed by atoms with Crippen LogP contribution in [0.1, 0.15) is 0 Å². The first kappa shape index (κ1) is 20.0. The van der Waals surface area contributed by atoms with E-state index < -0.39 is 0 Å². The minimum Gasteiger partial charge on any atom is -0.489 e. The highest BCUT2D eigenvalue weighted by Gasteiger charge is 2.28. The molecule has 10 nitrogen and oxygen atoms in total. The molecular formula is C25H22N8O2. The predicted octanol–water partition coefficient (Wildman–Crippen LogP) is 3.38. The van der Waals surface area contributed by atoms with E-state index in [2.05, 4.69) is 41.7 Å². The SMILES string of the molecule is c1nc(Nc2ccc(Oc3ccn4ncnc4c3)cc2)c2c3c(ccc2n1)N1CCN[C@@H](CO3)C1. The van der Waals surface area contributed by atoms with Gasteiger partial charge in [-0.25, -0.2) is 19.5 Å². The average Bonchev–Trinajstić information content (AvgIpc) is 3.32. The van der Waals surface area contributed by atoms with Crippen LogP contribution >= 0.6 is 0 Å². The van der Waals surface area contributed by atoms with E-state index in [4.69, 9.17) is 9.47 Å². The van der Waals surface area contributed by atoms with Gasteiger partial charge in [-0.1, -0.05) is 0 Å². The molecule has 1 fully saturated rings. The van der Waals surface area contributed by atoms with Crippen molar-refractivity contribution in [3.8, 4) is 17.2 Å². The summed E-state index contributed by atoms with van der Waals surface area (Å²) in [5, 5.41) is 12.0. The Morgan fingerprint density at radius 2 is 1.94 bits per heavy atom. The number of fused-ring (bicyclic) bond motifs is 7. The van der Waals surface area contributed by atoms with Crippen LogP contribution in [0.4, 0.5) is 17.2 Å². The number of benzene rings is 2. The summed E-state index contributed by atoms with van der Waals surface area (Å²) in [6.45, 7) is 3.44. The third kappa shape index (κ3) is 3.64. The van der Waals surface area contributed by atoms with Crippen LogP contribution in [0, 0.1) is 0 Å². The van der Waals surface area contributed by atoms with Crippen LogP contribution in [0.25, 0.3) is 16.6 Å². The fourth-order valence-corrected chi connectivity index (χ4v) is 4.68. The molecule has 5 heterocycles. The van der Waals surface area contributed by atoms with Gasteiger partial charge in [0, 0.05) is 37.6 Å². The number of pyridine rings is 1. The van der Waals surface area contributed by atoms with E-state index in [1.54, 1.807) is 10.8 Å². The molecule has 10 heteroatoms. The lowest BCUT2D eigenvalue weighted by atomic mass is 10.1. The van der Waals surface area contributed by atoms with Crippen LogP contribution in [0.5, 0.6) is 17.2 Å². The highest BCUT2D eigenvalue weighted by Crippen LogP contribution is 2.41. The quantitative estimate of drug-likeness (QED) is 0.413. The number of aromatic nitrogens is 5. The predicted molar refractivity (Wildman–Crippen MR) is 132 cm³/mol. The molecule has 5 aromatic rings. The highest BCUT2D eigenvalue weighted by molar-refractivity contribution is 6.00. The van der Waals surface area contributed by atoms with Crippen molar-refractivity contribution in [1.29, 1.82) is 0 Å². The molecule has 0 saturated carbocycles. The van der Waals surface area contributed by atoms with Crippen LogP contribution in [-0.4, -0.2) is 56.8 Å². The van der Waals surface area contributed by atoms with Crippen molar-refractivity contribution in [3.63, 3.8) is 0 Å². The third-order valence-corrected chi connectivity index (χ3v) is 6.37. The molecule has 0 spiro atoms. The summed E-state index contributed by atoms with van der Waals surface area (Å²) in [6.07, 6.45) is 4.91. The Labute approximate surface area is 200 Å². The van der Waals surface area contributed by atoms with Gasteiger partial charge in [-0.05, 0) is 42.5 Å². The van der Waals surface area contributed by atoms with E-state index in [1.807, 2.05) is 48.7 Å². The fourth-order valence-electron chi connectivity index (χ4n) is 4.68. The first-order valence-electron chi connectivity index (χ1n) is 11.5. The largest absolute Gasteiger partial charge is 0.489 e. The van der Waals surface area contributed by atoms with Crippen molar-refractivity contribution in [1.82, 2.24) is 29.9 Å². The summed E-state index contributed by atoms with van der Waals surface area (Å²) < 4.78 is 14.0. The van der Waals surface area contributed by atoms with Gasteiger partial charge in [0.1, 0.15) is 36.6 Å². The smallest absolute Gasteiger partial charge is 0.158 e. The molecule has 2 bridgehead atoms. The zero-order chi connectivity index (χ0) is 23.2. The molecule has 2 aliphatic heterocycles. The standard InChI is InChI=1S/C25H22N8O2/c1-3-18(35-19-7-9-33-22(11-19)28-15-30-33)4-2-16(1)31-25-23-20(27-14-29-25)5-6-21-24(23)34-13-17-12-32(21)10-8-26-17/h1-7,9,11,14-15,17,26H,8,10,12-13H2,(H,27,29,31)/t17-/m1/s1. The second-order valence-corrected chi connectivity index (χ2v) is 8.61. The topological polar surface area (TPSA) is 102 Å². The minimum atomic E-state index is 0.310. The van der Waals surface area contributed by atoms with Gasteiger partial charge in [-0.15, -0.1) is 0 Å². The van der Waals surface area contributed by atoms with Gasteiger partial charge in [0.05, 0.1) is 22.6 Å². The number of nitrogens with zero attached hydrogens (tertiary/aromatic N) is 6. The molecule has 2 aliphatic rings. The summed E-state index contributed by atoms with van der Waals surface area (Å²) >= 11 is 0. The number of rotatable bonds is 4. The summed E-state index contributed by atoms with van der Waals surface area (Å²) in [6, 6.07) is 15.9. The first-order valence-corrected chi connectivity index (χ1v) is 11.5. The summed E-state index contributed by atoms with van der Waals surface area (Å²) in [5.74, 6) is 2.96. The second kappa shape index (κ2) is 8.10. The average molecular weight is 467 g/mol. The molecule has 35 heavy (non-hydrogen) atoms. The van der Waals surface area contributed by atoms with Gasteiger partial charge in [-0.3, -0.25) is 0 Å². The zero-order valence-corrected chi connectivity index (χ0v) is 18.8. The van der Waals surface area contributed by atoms with Crippen LogP contribution < -0.4 is 25.0 Å². The lowest BCUT2D eigenvalue weighted by Crippen LogP contribution is -2.51. The fraction of sp³-hybridized carbons (Fsp3) is 0.200. The van der Waals surface area contributed by atoms with E-state index in [-0.39, 0.29) is 0 Å². The van der Waals surface area contributed by atoms with Gasteiger partial charge in [0.25, 0.3) is 0 Å².